The second kappa shape index (κ2) is 8.01. The second-order valence-electron chi connectivity index (χ2n) is 6.98. The van der Waals surface area contributed by atoms with E-state index in [1.54, 1.807) is 0 Å². The lowest BCUT2D eigenvalue weighted by molar-refractivity contribution is 0.105. The number of carbonyl (C=O) groups is 1. The Morgan fingerprint density at radius 1 is 1.21 bits per heavy atom. The minimum Gasteiger partial charge on any atom is -0.450 e. The molecule has 0 N–H and O–H groups in total. The van der Waals surface area contributed by atoms with Gasteiger partial charge in [0.15, 0.2) is 0 Å². The maximum atomic E-state index is 11.9. The Kier molecular flexibility index (Phi) is 5.76. The van der Waals surface area contributed by atoms with Gasteiger partial charge in [-0.3, -0.25) is 0 Å². The van der Waals surface area contributed by atoms with Crippen LogP contribution in [0.2, 0.25) is 0 Å². The quantitative estimate of drug-likeness (QED) is 0.853. The number of ether oxygens (including phenoxy) is 1. The fraction of sp³-hybridized carbons (Fsp3) is 0.778. The summed E-state index contributed by atoms with van der Waals surface area (Å²) in [6, 6.07) is 0.603. The van der Waals surface area contributed by atoms with E-state index in [1.165, 1.54) is 25.1 Å². The van der Waals surface area contributed by atoms with E-state index in [2.05, 4.69) is 21.5 Å². The van der Waals surface area contributed by atoms with Crippen LogP contribution in [0.3, 0.4) is 0 Å². The number of piperidine rings is 1. The highest BCUT2D eigenvalue weighted by Gasteiger charge is 2.29. The third kappa shape index (κ3) is 3.91. The molecule has 2 fully saturated rings. The van der Waals surface area contributed by atoms with E-state index >= 15 is 0 Å². The monoisotopic (exact) mass is 334 g/mol. The maximum Gasteiger partial charge on any atom is 0.409 e. The number of imidazole rings is 1. The summed E-state index contributed by atoms with van der Waals surface area (Å²) >= 11 is 0. The Bertz CT molecular complexity index is 537. The molecule has 1 aromatic rings. The van der Waals surface area contributed by atoms with Crippen molar-refractivity contribution < 1.29 is 9.53 Å². The summed E-state index contributed by atoms with van der Waals surface area (Å²) in [6.45, 7) is 6.26. The number of rotatable bonds is 3. The molecule has 1 unspecified atom stereocenters. The van der Waals surface area contributed by atoms with Crippen molar-refractivity contribution in [3.63, 3.8) is 0 Å². The smallest absolute Gasteiger partial charge is 0.409 e. The molecule has 3 rings (SSSR count). The number of amides is 1. The van der Waals surface area contributed by atoms with Gasteiger partial charge in [0.2, 0.25) is 0 Å². The minimum atomic E-state index is -0.147. The molecule has 134 valence electrons. The average molecular weight is 334 g/mol. The van der Waals surface area contributed by atoms with Crippen LogP contribution < -0.4 is 0 Å². The first-order valence-corrected chi connectivity index (χ1v) is 9.32. The molecule has 2 saturated heterocycles. The standard InChI is InChI=1S/C18H30N4O2/c1-3-24-18(23)22-10-4-5-16(8-13-22)21-11-6-15(7-12-21)17-19-9-14-20(17)2/h9,14-16H,3-8,10-13H2,1-2H3. The van der Waals surface area contributed by atoms with Crippen LogP contribution in [0, 0.1) is 0 Å². The lowest BCUT2D eigenvalue weighted by Gasteiger charge is -2.37. The molecule has 0 spiro atoms. The van der Waals surface area contributed by atoms with Gasteiger partial charge in [-0.05, 0) is 52.1 Å². The van der Waals surface area contributed by atoms with Crippen molar-refractivity contribution in [3.05, 3.63) is 18.2 Å². The average Bonchev–Trinajstić information content (AvgIpc) is 2.87. The number of aromatic nitrogens is 2. The van der Waals surface area contributed by atoms with Crippen molar-refractivity contribution in [1.29, 1.82) is 0 Å². The molecule has 2 aliphatic rings. The predicted octanol–water partition coefficient (Wildman–Crippen LogP) is 2.61. The molecule has 24 heavy (non-hydrogen) atoms. The summed E-state index contributed by atoms with van der Waals surface area (Å²) in [5.74, 6) is 1.81. The van der Waals surface area contributed by atoms with Crippen LogP contribution in [-0.2, 0) is 11.8 Å². The number of likely N-dealkylation sites (tertiary alicyclic amines) is 2. The zero-order chi connectivity index (χ0) is 16.9. The van der Waals surface area contributed by atoms with Gasteiger partial charge in [-0.25, -0.2) is 9.78 Å². The fourth-order valence-electron chi connectivity index (χ4n) is 4.13. The van der Waals surface area contributed by atoms with Crippen LogP contribution in [0.25, 0.3) is 0 Å². The summed E-state index contributed by atoms with van der Waals surface area (Å²) in [5, 5.41) is 0. The van der Waals surface area contributed by atoms with Crippen molar-refractivity contribution in [1.82, 2.24) is 19.4 Å². The van der Waals surface area contributed by atoms with Gasteiger partial charge in [0.1, 0.15) is 5.82 Å². The zero-order valence-corrected chi connectivity index (χ0v) is 15.0. The highest BCUT2D eigenvalue weighted by atomic mass is 16.6. The third-order valence-corrected chi connectivity index (χ3v) is 5.49. The summed E-state index contributed by atoms with van der Waals surface area (Å²) in [5.41, 5.74) is 0. The molecule has 0 aliphatic carbocycles. The molecule has 1 aromatic heterocycles. The van der Waals surface area contributed by atoms with E-state index in [0.717, 1.165) is 39.0 Å². The SMILES string of the molecule is CCOC(=O)N1CCCC(N2CCC(c3nccn3C)CC2)CC1. The summed E-state index contributed by atoms with van der Waals surface area (Å²) in [4.78, 5) is 21.0. The Morgan fingerprint density at radius 2 is 2.00 bits per heavy atom. The number of carbonyl (C=O) groups excluding carboxylic acids is 1. The molecule has 6 nitrogen and oxygen atoms in total. The van der Waals surface area contributed by atoms with Crippen molar-refractivity contribution in [2.45, 2.75) is 51.0 Å². The Labute approximate surface area is 144 Å². The normalized spacial score (nSPS) is 23.9. The number of aryl methyl sites for hydroxylation is 1. The number of nitrogens with zero attached hydrogens (tertiary/aromatic N) is 4. The number of hydrogen-bond donors (Lipinski definition) is 0. The second-order valence-corrected chi connectivity index (χ2v) is 6.98. The van der Waals surface area contributed by atoms with Crippen LogP contribution in [0.1, 0.15) is 50.8 Å². The van der Waals surface area contributed by atoms with E-state index in [0.29, 0.717) is 18.6 Å². The van der Waals surface area contributed by atoms with Gasteiger partial charge in [0.25, 0.3) is 0 Å². The van der Waals surface area contributed by atoms with Gasteiger partial charge in [0.05, 0.1) is 6.61 Å². The van der Waals surface area contributed by atoms with E-state index in [-0.39, 0.29) is 6.09 Å². The first-order chi connectivity index (χ1) is 11.7. The third-order valence-electron chi connectivity index (χ3n) is 5.49. The summed E-state index contributed by atoms with van der Waals surface area (Å²) < 4.78 is 7.30. The fourth-order valence-corrected chi connectivity index (χ4v) is 4.13. The molecular formula is C18H30N4O2. The van der Waals surface area contributed by atoms with Gasteiger partial charge in [-0.1, -0.05) is 0 Å². The van der Waals surface area contributed by atoms with Gasteiger partial charge in [0, 0.05) is 44.5 Å². The molecule has 0 radical (unpaired) electrons. The molecule has 2 aliphatic heterocycles. The van der Waals surface area contributed by atoms with Crippen LogP contribution >= 0.6 is 0 Å². The van der Waals surface area contributed by atoms with Crippen LogP contribution in [0.4, 0.5) is 4.79 Å². The molecule has 1 amide bonds. The Morgan fingerprint density at radius 3 is 2.67 bits per heavy atom. The van der Waals surface area contributed by atoms with Crippen molar-refractivity contribution in [2.75, 3.05) is 32.8 Å². The molecular weight excluding hydrogens is 304 g/mol. The van der Waals surface area contributed by atoms with Gasteiger partial charge < -0.3 is 19.1 Å². The first-order valence-electron chi connectivity index (χ1n) is 9.32. The molecule has 0 saturated carbocycles. The van der Waals surface area contributed by atoms with E-state index in [9.17, 15) is 4.79 Å². The van der Waals surface area contributed by atoms with Gasteiger partial charge in [-0.2, -0.15) is 0 Å². The lowest BCUT2D eigenvalue weighted by Crippen LogP contribution is -2.42. The van der Waals surface area contributed by atoms with Crippen molar-refractivity contribution >= 4 is 6.09 Å². The first kappa shape index (κ1) is 17.3. The van der Waals surface area contributed by atoms with Crippen molar-refractivity contribution in [3.8, 4) is 0 Å². The highest BCUT2D eigenvalue weighted by molar-refractivity contribution is 5.67. The Balaban J connectivity index is 1.50. The topological polar surface area (TPSA) is 50.6 Å². The zero-order valence-electron chi connectivity index (χ0n) is 15.0. The predicted molar refractivity (Wildman–Crippen MR) is 93.0 cm³/mol. The summed E-state index contributed by atoms with van der Waals surface area (Å²) in [6.07, 6.45) is 9.48. The van der Waals surface area contributed by atoms with E-state index in [1.807, 2.05) is 24.2 Å². The van der Waals surface area contributed by atoms with Gasteiger partial charge >= 0.3 is 6.09 Å². The highest BCUT2D eigenvalue weighted by Crippen LogP contribution is 2.29. The van der Waals surface area contributed by atoms with Crippen molar-refractivity contribution in [2.24, 2.45) is 7.05 Å². The molecule has 0 aromatic carbocycles. The minimum absolute atomic E-state index is 0.147. The Hall–Kier alpha value is -1.56. The number of hydrogen-bond acceptors (Lipinski definition) is 4. The molecule has 6 heteroatoms. The van der Waals surface area contributed by atoms with Crippen LogP contribution in [0.15, 0.2) is 12.4 Å². The van der Waals surface area contributed by atoms with Gasteiger partial charge in [-0.15, -0.1) is 0 Å². The van der Waals surface area contributed by atoms with E-state index in [4.69, 9.17) is 4.74 Å². The lowest BCUT2D eigenvalue weighted by atomic mass is 9.93. The van der Waals surface area contributed by atoms with Crippen LogP contribution in [-0.4, -0.2) is 64.3 Å². The maximum absolute atomic E-state index is 11.9. The molecule has 1 atom stereocenters. The van der Waals surface area contributed by atoms with Crippen LogP contribution in [0.5, 0.6) is 0 Å². The molecule has 3 heterocycles. The summed E-state index contributed by atoms with van der Waals surface area (Å²) in [7, 11) is 2.09. The van der Waals surface area contributed by atoms with E-state index < -0.39 is 0 Å². The molecule has 0 bridgehead atoms. The largest absolute Gasteiger partial charge is 0.450 e.